The maximum Gasteiger partial charge on any atom is 0.322 e. The molecule has 1 amide bonds. The van der Waals surface area contributed by atoms with Crippen LogP contribution in [0, 0.1) is 34.8 Å². The third kappa shape index (κ3) is 2.38. The zero-order valence-electron chi connectivity index (χ0n) is 13.2. The third-order valence-corrected chi connectivity index (χ3v) is 5.49. The van der Waals surface area contributed by atoms with Crippen LogP contribution in [-0.2, 0) is 7.05 Å². The van der Waals surface area contributed by atoms with Crippen LogP contribution in [0.15, 0.2) is 0 Å². The van der Waals surface area contributed by atoms with Crippen LogP contribution in [-0.4, -0.2) is 26.7 Å². The van der Waals surface area contributed by atoms with Gasteiger partial charge in [-0.15, -0.1) is 0 Å². The molecule has 4 atom stereocenters. The molecular weight excluding hydrogens is 284 g/mol. The van der Waals surface area contributed by atoms with Gasteiger partial charge in [-0.3, -0.25) is 19.6 Å². The van der Waals surface area contributed by atoms with Crippen molar-refractivity contribution >= 4 is 11.6 Å². The number of nitro groups is 1. The van der Waals surface area contributed by atoms with Crippen LogP contribution in [0.25, 0.3) is 0 Å². The van der Waals surface area contributed by atoms with Crippen LogP contribution in [0.5, 0.6) is 0 Å². The smallest absolute Gasteiger partial charge is 0.322 e. The first-order valence-corrected chi connectivity index (χ1v) is 7.87. The topological polar surface area (TPSA) is 90.1 Å². The van der Waals surface area contributed by atoms with E-state index in [0.717, 1.165) is 12.3 Å². The van der Waals surface area contributed by atoms with Crippen LogP contribution in [0.2, 0.25) is 0 Å². The second-order valence-corrected chi connectivity index (χ2v) is 6.76. The molecule has 1 aromatic rings. The van der Waals surface area contributed by atoms with E-state index in [1.807, 2.05) is 6.92 Å². The molecule has 120 valence electrons. The molecule has 2 aliphatic rings. The fourth-order valence-electron chi connectivity index (χ4n) is 4.26. The molecule has 1 N–H and O–H groups in total. The summed E-state index contributed by atoms with van der Waals surface area (Å²) in [6.07, 6.45) is 4.99. The van der Waals surface area contributed by atoms with Gasteiger partial charge in [-0.25, -0.2) is 0 Å². The summed E-state index contributed by atoms with van der Waals surface area (Å²) < 4.78 is 1.38. The summed E-state index contributed by atoms with van der Waals surface area (Å²) in [6.45, 7) is 3.60. The largest absolute Gasteiger partial charge is 0.348 e. The molecule has 7 heteroatoms. The number of hydrogen-bond donors (Lipinski definition) is 1. The maximum absolute atomic E-state index is 12.4. The zero-order valence-corrected chi connectivity index (χ0v) is 13.2. The molecule has 0 saturated heterocycles. The highest BCUT2D eigenvalue weighted by Crippen LogP contribution is 2.49. The van der Waals surface area contributed by atoms with Gasteiger partial charge in [0.2, 0.25) is 5.69 Å². The van der Waals surface area contributed by atoms with Gasteiger partial charge in [-0.05, 0) is 50.9 Å². The molecule has 2 saturated carbocycles. The molecule has 0 aromatic carbocycles. The molecule has 2 fully saturated rings. The Morgan fingerprint density at radius 3 is 2.73 bits per heavy atom. The van der Waals surface area contributed by atoms with Gasteiger partial charge in [-0.2, -0.15) is 5.10 Å². The quantitative estimate of drug-likeness (QED) is 0.682. The lowest BCUT2D eigenvalue weighted by Crippen LogP contribution is -2.40. The first-order valence-electron chi connectivity index (χ1n) is 7.87. The summed E-state index contributed by atoms with van der Waals surface area (Å²) in [5.74, 6) is 1.55. The summed E-state index contributed by atoms with van der Waals surface area (Å²) in [6, 6.07) is 0.0321. The molecule has 7 nitrogen and oxygen atoms in total. The summed E-state index contributed by atoms with van der Waals surface area (Å²) in [5.41, 5.74) is 0.114. The molecule has 0 spiro atoms. The average molecular weight is 306 g/mol. The number of fused-ring (bicyclic) bond motifs is 2. The molecule has 0 aliphatic heterocycles. The van der Waals surface area contributed by atoms with E-state index in [4.69, 9.17) is 0 Å². The van der Waals surface area contributed by atoms with Gasteiger partial charge in [0.25, 0.3) is 5.91 Å². The van der Waals surface area contributed by atoms with Gasteiger partial charge in [0.05, 0.1) is 4.92 Å². The lowest BCUT2D eigenvalue weighted by molar-refractivity contribution is -0.385. The highest BCUT2D eigenvalue weighted by molar-refractivity contribution is 5.96. The summed E-state index contributed by atoms with van der Waals surface area (Å²) in [7, 11) is 1.61. The van der Waals surface area contributed by atoms with Crippen LogP contribution in [0.3, 0.4) is 0 Å². The molecule has 0 unspecified atom stereocenters. The van der Waals surface area contributed by atoms with E-state index >= 15 is 0 Å². The van der Waals surface area contributed by atoms with Gasteiger partial charge in [0.15, 0.2) is 0 Å². The maximum atomic E-state index is 12.4. The average Bonchev–Trinajstić information content (AvgIpc) is 3.14. The van der Waals surface area contributed by atoms with E-state index in [9.17, 15) is 14.9 Å². The molecule has 1 aromatic heterocycles. The number of nitrogens with one attached hydrogen (secondary N) is 1. The number of nitrogens with zero attached hydrogens (tertiary/aromatic N) is 3. The summed E-state index contributed by atoms with van der Waals surface area (Å²) in [4.78, 5) is 23.1. The fourth-order valence-corrected chi connectivity index (χ4v) is 4.26. The minimum Gasteiger partial charge on any atom is -0.348 e. The Morgan fingerprint density at radius 2 is 2.18 bits per heavy atom. The van der Waals surface area contributed by atoms with E-state index in [1.165, 1.54) is 23.9 Å². The molecule has 2 aliphatic carbocycles. The number of carbonyl (C=O) groups excluding carboxylic acids is 1. The fraction of sp³-hybridized carbons (Fsp3) is 0.733. The lowest BCUT2D eigenvalue weighted by atomic mass is 9.84. The Bertz CT molecular complexity index is 625. The molecule has 1 heterocycles. The Balaban J connectivity index is 1.75. The number of amides is 1. The number of rotatable bonds is 4. The first kappa shape index (κ1) is 15.0. The minimum absolute atomic E-state index is 0.0321. The summed E-state index contributed by atoms with van der Waals surface area (Å²) >= 11 is 0. The van der Waals surface area contributed by atoms with Gasteiger partial charge in [0.1, 0.15) is 5.69 Å². The SMILES string of the molecule is Cc1c([N+](=O)[O-])c(C(=O)N[C@H](C)[C@@H]2C[C@@H]3CC[C@@H]2C3)nn1C. The van der Waals surface area contributed by atoms with Crippen molar-refractivity contribution in [1.82, 2.24) is 15.1 Å². The van der Waals surface area contributed by atoms with Crippen molar-refractivity contribution in [2.45, 2.75) is 45.6 Å². The van der Waals surface area contributed by atoms with E-state index in [2.05, 4.69) is 10.4 Å². The van der Waals surface area contributed by atoms with Crippen molar-refractivity contribution in [3.63, 3.8) is 0 Å². The third-order valence-electron chi connectivity index (χ3n) is 5.49. The van der Waals surface area contributed by atoms with E-state index in [-0.39, 0.29) is 17.4 Å². The van der Waals surface area contributed by atoms with Crippen molar-refractivity contribution < 1.29 is 9.72 Å². The molecule has 2 bridgehead atoms. The van der Waals surface area contributed by atoms with Crippen molar-refractivity contribution in [1.29, 1.82) is 0 Å². The van der Waals surface area contributed by atoms with Gasteiger partial charge < -0.3 is 5.32 Å². The number of hydrogen-bond acceptors (Lipinski definition) is 4. The van der Waals surface area contributed by atoms with Crippen molar-refractivity contribution in [3.8, 4) is 0 Å². The Labute approximate surface area is 129 Å². The Kier molecular flexibility index (Phi) is 3.66. The van der Waals surface area contributed by atoms with Crippen molar-refractivity contribution in [2.24, 2.45) is 24.8 Å². The number of carbonyl (C=O) groups is 1. The van der Waals surface area contributed by atoms with E-state index in [0.29, 0.717) is 17.5 Å². The molecular formula is C15H22N4O3. The molecule has 22 heavy (non-hydrogen) atoms. The van der Waals surface area contributed by atoms with Gasteiger partial charge >= 0.3 is 5.69 Å². The first-order chi connectivity index (χ1) is 10.4. The van der Waals surface area contributed by atoms with E-state index < -0.39 is 10.8 Å². The normalized spacial score (nSPS) is 27.9. The van der Waals surface area contributed by atoms with Gasteiger partial charge in [0, 0.05) is 13.1 Å². The van der Waals surface area contributed by atoms with Crippen LogP contribution >= 0.6 is 0 Å². The van der Waals surface area contributed by atoms with Crippen LogP contribution in [0.4, 0.5) is 5.69 Å². The second kappa shape index (κ2) is 5.37. The molecule has 0 radical (unpaired) electrons. The van der Waals surface area contributed by atoms with E-state index in [1.54, 1.807) is 14.0 Å². The van der Waals surface area contributed by atoms with Crippen molar-refractivity contribution in [2.75, 3.05) is 0 Å². The lowest BCUT2D eigenvalue weighted by Gasteiger charge is -2.28. The van der Waals surface area contributed by atoms with Gasteiger partial charge in [-0.1, -0.05) is 6.42 Å². The number of aromatic nitrogens is 2. The number of aryl methyl sites for hydroxylation is 1. The monoisotopic (exact) mass is 306 g/mol. The standard InChI is InChI=1S/C15H22N4O3/c1-8(12-7-10-4-5-11(12)6-10)16-15(20)13-14(19(21)22)9(2)18(3)17-13/h8,10-12H,4-7H2,1-3H3,(H,16,20)/t8-,10-,11-,12+/m1/s1. The Morgan fingerprint density at radius 1 is 1.45 bits per heavy atom. The predicted molar refractivity (Wildman–Crippen MR) is 80.5 cm³/mol. The van der Waals surface area contributed by atoms with Crippen LogP contribution < -0.4 is 5.32 Å². The Hall–Kier alpha value is -1.92. The highest BCUT2D eigenvalue weighted by atomic mass is 16.6. The zero-order chi connectivity index (χ0) is 16.0. The second-order valence-electron chi connectivity index (χ2n) is 6.76. The highest BCUT2D eigenvalue weighted by Gasteiger charge is 2.42. The molecule has 3 rings (SSSR count). The predicted octanol–water partition coefficient (Wildman–Crippen LogP) is 2.19. The van der Waals surface area contributed by atoms with Crippen molar-refractivity contribution in [3.05, 3.63) is 21.5 Å². The van der Waals surface area contributed by atoms with Crippen LogP contribution in [0.1, 0.15) is 48.8 Å². The summed E-state index contributed by atoms with van der Waals surface area (Å²) in [5, 5.41) is 18.1. The minimum atomic E-state index is -0.528.